The zero-order chi connectivity index (χ0) is 19.0. The van der Waals surface area contributed by atoms with E-state index in [0.29, 0.717) is 31.5 Å². The van der Waals surface area contributed by atoms with Gasteiger partial charge in [0.1, 0.15) is 0 Å². The Bertz CT molecular complexity index is 1010. The number of carbonyl (C=O) groups is 2. The molecule has 2 aromatic carbocycles. The van der Waals surface area contributed by atoms with Gasteiger partial charge in [-0.15, -0.1) is 0 Å². The highest BCUT2D eigenvalue weighted by Crippen LogP contribution is 2.31. The first-order chi connectivity index (χ1) is 13.0. The van der Waals surface area contributed by atoms with Crippen LogP contribution >= 0.6 is 31.9 Å². The number of amides is 1. The van der Waals surface area contributed by atoms with Crippen LogP contribution in [-0.4, -0.2) is 34.7 Å². The van der Waals surface area contributed by atoms with Gasteiger partial charge in [0.05, 0.1) is 5.56 Å². The highest BCUT2D eigenvalue weighted by atomic mass is 79.9. The monoisotopic (exact) mass is 488 g/mol. The molecule has 0 saturated carbocycles. The van der Waals surface area contributed by atoms with Crippen LogP contribution in [0.1, 0.15) is 33.6 Å². The van der Waals surface area contributed by atoms with Crippen molar-refractivity contribution in [3.05, 3.63) is 68.7 Å². The van der Waals surface area contributed by atoms with Crippen LogP contribution in [0, 0.1) is 5.92 Å². The highest BCUT2D eigenvalue weighted by molar-refractivity contribution is 9.13. The molecule has 27 heavy (non-hydrogen) atoms. The first kappa shape index (κ1) is 18.4. The minimum atomic E-state index is -0.00970. The van der Waals surface area contributed by atoms with E-state index in [0.717, 1.165) is 25.4 Å². The van der Waals surface area contributed by atoms with Gasteiger partial charge in [-0.25, -0.2) is 0 Å². The molecule has 1 fully saturated rings. The highest BCUT2D eigenvalue weighted by Gasteiger charge is 2.29. The van der Waals surface area contributed by atoms with E-state index in [1.807, 2.05) is 47.4 Å². The predicted molar refractivity (Wildman–Crippen MR) is 113 cm³/mol. The minimum Gasteiger partial charge on any atom is -0.360 e. The van der Waals surface area contributed by atoms with Crippen molar-refractivity contribution in [1.29, 1.82) is 0 Å². The van der Waals surface area contributed by atoms with Crippen molar-refractivity contribution in [2.45, 2.75) is 12.8 Å². The fourth-order valence-electron chi connectivity index (χ4n) is 3.65. The standard InChI is InChI=1S/C21H18Br2N2O2/c22-17-10-15-16(12-24-19(15)11-18(17)23)21(27)25-8-6-14(7-9-25)20(26)13-4-2-1-3-5-13/h1-5,10-12,14,24H,6-9H2. The van der Waals surface area contributed by atoms with E-state index in [4.69, 9.17) is 0 Å². The molecule has 1 saturated heterocycles. The first-order valence-corrected chi connectivity index (χ1v) is 10.5. The van der Waals surface area contributed by atoms with Crippen LogP contribution in [-0.2, 0) is 0 Å². The molecule has 1 aliphatic rings. The van der Waals surface area contributed by atoms with Gasteiger partial charge in [0.15, 0.2) is 5.78 Å². The number of hydrogen-bond acceptors (Lipinski definition) is 2. The van der Waals surface area contributed by atoms with Crippen molar-refractivity contribution in [3.8, 4) is 0 Å². The zero-order valence-electron chi connectivity index (χ0n) is 14.5. The number of rotatable bonds is 3. The number of piperidine rings is 1. The summed E-state index contributed by atoms with van der Waals surface area (Å²) in [4.78, 5) is 30.7. The van der Waals surface area contributed by atoms with Crippen molar-refractivity contribution < 1.29 is 9.59 Å². The second kappa shape index (κ2) is 7.60. The lowest BCUT2D eigenvalue weighted by Crippen LogP contribution is -2.40. The number of aromatic nitrogens is 1. The van der Waals surface area contributed by atoms with Crippen LogP contribution in [0.25, 0.3) is 10.9 Å². The zero-order valence-corrected chi connectivity index (χ0v) is 17.7. The lowest BCUT2D eigenvalue weighted by molar-refractivity contribution is 0.0652. The molecule has 1 aliphatic heterocycles. The van der Waals surface area contributed by atoms with Gasteiger partial charge in [0.2, 0.25) is 0 Å². The molecule has 0 aliphatic carbocycles. The molecule has 0 spiro atoms. The second-order valence-corrected chi connectivity index (χ2v) is 8.52. The summed E-state index contributed by atoms with van der Waals surface area (Å²) in [6.45, 7) is 1.21. The Labute approximate surface area is 174 Å². The maximum absolute atomic E-state index is 13.0. The summed E-state index contributed by atoms with van der Waals surface area (Å²) in [5.74, 6) is 0.189. The van der Waals surface area contributed by atoms with Crippen LogP contribution in [0.2, 0.25) is 0 Å². The largest absolute Gasteiger partial charge is 0.360 e. The molecule has 4 rings (SSSR count). The number of ketones is 1. The van der Waals surface area contributed by atoms with Crippen LogP contribution in [0.4, 0.5) is 0 Å². The third kappa shape index (κ3) is 3.60. The Hall–Kier alpha value is -1.92. The van der Waals surface area contributed by atoms with Crippen molar-refractivity contribution in [1.82, 2.24) is 9.88 Å². The molecule has 1 amide bonds. The van der Waals surface area contributed by atoms with Gasteiger partial charge in [0, 0.05) is 50.6 Å². The summed E-state index contributed by atoms with van der Waals surface area (Å²) in [5.41, 5.74) is 2.35. The smallest absolute Gasteiger partial charge is 0.256 e. The number of H-pyrrole nitrogens is 1. The quantitative estimate of drug-likeness (QED) is 0.499. The number of benzene rings is 2. The fraction of sp³-hybridized carbons (Fsp3) is 0.238. The molecule has 1 aromatic heterocycles. The summed E-state index contributed by atoms with van der Waals surface area (Å²) in [5, 5.41) is 0.901. The number of Topliss-reactive ketones (excluding diaryl/α,β-unsaturated/α-hetero) is 1. The van der Waals surface area contributed by atoms with E-state index < -0.39 is 0 Å². The third-order valence-corrected chi connectivity index (χ3v) is 7.01. The van der Waals surface area contributed by atoms with Crippen LogP contribution in [0.5, 0.6) is 0 Å². The molecule has 1 N–H and O–H groups in total. The Balaban J connectivity index is 1.48. The van der Waals surface area contributed by atoms with Gasteiger partial charge in [-0.05, 0) is 56.8 Å². The molecule has 2 heterocycles. The van der Waals surface area contributed by atoms with E-state index >= 15 is 0 Å². The molecular formula is C21H18Br2N2O2. The van der Waals surface area contributed by atoms with Gasteiger partial charge in [0.25, 0.3) is 5.91 Å². The molecule has 6 heteroatoms. The SMILES string of the molecule is O=C(c1ccccc1)C1CCN(C(=O)c2c[nH]c3cc(Br)c(Br)cc23)CC1. The van der Waals surface area contributed by atoms with Gasteiger partial charge in [-0.3, -0.25) is 9.59 Å². The Morgan fingerprint density at radius 2 is 1.67 bits per heavy atom. The Morgan fingerprint density at radius 3 is 2.37 bits per heavy atom. The molecule has 0 atom stereocenters. The van der Waals surface area contributed by atoms with Gasteiger partial charge in [-0.1, -0.05) is 30.3 Å². The summed E-state index contributed by atoms with van der Waals surface area (Å²) in [6, 6.07) is 13.3. The minimum absolute atomic E-state index is 0.00970. The lowest BCUT2D eigenvalue weighted by Gasteiger charge is -2.31. The van der Waals surface area contributed by atoms with Gasteiger partial charge in [-0.2, -0.15) is 0 Å². The van der Waals surface area contributed by atoms with E-state index in [-0.39, 0.29) is 17.6 Å². The molecule has 138 valence electrons. The van der Waals surface area contributed by atoms with E-state index in [1.54, 1.807) is 6.20 Å². The van der Waals surface area contributed by atoms with Crippen molar-refractivity contribution in [2.75, 3.05) is 13.1 Å². The van der Waals surface area contributed by atoms with Crippen molar-refractivity contribution >= 4 is 54.5 Å². The summed E-state index contributed by atoms with van der Waals surface area (Å²) in [7, 11) is 0. The average Bonchev–Trinajstić information content (AvgIpc) is 3.10. The average molecular weight is 490 g/mol. The molecule has 0 radical (unpaired) electrons. The topological polar surface area (TPSA) is 53.2 Å². The molecule has 0 unspecified atom stereocenters. The normalized spacial score (nSPS) is 15.3. The van der Waals surface area contributed by atoms with Crippen molar-refractivity contribution in [3.63, 3.8) is 0 Å². The maximum Gasteiger partial charge on any atom is 0.256 e. The van der Waals surface area contributed by atoms with Gasteiger partial charge < -0.3 is 9.88 Å². The maximum atomic E-state index is 13.0. The molecule has 3 aromatic rings. The number of likely N-dealkylation sites (tertiary alicyclic amines) is 1. The van der Waals surface area contributed by atoms with Gasteiger partial charge >= 0.3 is 0 Å². The second-order valence-electron chi connectivity index (χ2n) is 6.81. The van der Waals surface area contributed by atoms with E-state index in [1.165, 1.54) is 0 Å². The summed E-state index contributed by atoms with van der Waals surface area (Å²) >= 11 is 6.99. The number of halogens is 2. The van der Waals surface area contributed by atoms with Crippen LogP contribution in [0.3, 0.4) is 0 Å². The molecule has 0 bridgehead atoms. The lowest BCUT2D eigenvalue weighted by atomic mass is 9.88. The molecule has 4 nitrogen and oxygen atoms in total. The number of nitrogens with zero attached hydrogens (tertiary/aromatic N) is 1. The number of fused-ring (bicyclic) bond motifs is 1. The van der Waals surface area contributed by atoms with E-state index in [9.17, 15) is 9.59 Å². The Kier molecular flexibility index (Phi) is 5.19. The first-order valence-electron chi connectivity index (χ1n) is 8.89. The number of nitrogens with one attached hydrogen (secondary N) is 1. The van der Waals surface area contributed by atoms with E-state index in [2.05, 4.69) is 36.8 Å². The number of aromatic amines is 1. The predicted octanol–water partition coefficient (Wildman–Crippen LogP) is 5.43. The Morgan fingerprint density at radius 1 is 1.00 bits per heavy atom. The fourth-order valence-corrected chi connectivity index (χ4v) is 4.33. The number of hydrogen-bond donors (Lipinski definition) is 1. The number of carbonyl (C=O) groups excluding carboxylic acids is 2. The van der Waals surface area contributed by atoms with Crippen molar-refractivity contribution in [2.24, 2.45) is 5.92 Å². The van der Waals surface area contributed by atoms with Crippen LogP contribution in [0.15, 0.2) is 57.6 Å². The summed E-state index contributed by atoms with van der Waals surface area (Å²) in [6.07, 6.45) is 3.18. The summed E-state index contributed by atoms with van der Waals surface area (Å²) < 4.78 is 1.85. The van der Waals surface area contributed by atoms with Crippen LogP contribution < -0.4 is 0 Å². The molecular weight excluding hydrogens is 472 g/mol. The third-order valence-electron chi connectivity index (χ3n) is 5.16.